The fourth-order valence-electron chi connectivity index (χ4n) is 7.14. The molecule has 8 nitrogen and oxygen atoms in total. The van der Waals surface area contributed by atoms with E-state index in [0.29, 0.717) is 5.75 Å². The van der Waals surface area contributed by atoms with Gasteiger partial charge in [-0.15, -0.1) is 0 Å². The lowest BCUT2D eigenvalue weighted by molar-refractivity contribution is -0.154. The number of hydrogen-bond donors (Lipinski definition) is 1. The molecule has 1 aromatic rings. The Bertz CT molecular complexity index is 1250. The van der Waals surface area contributed by atoms with Gasteiger partial charge in [0.1, 0.15) is 23.1 Å². The number of carbonyl (C=O) groups excluding carboxylic acids is 3. The second kappa shape index (κ2) is 16.8. The van der Waals surface area contributed by atoms with Crippen LogP contribution in [0.5, 0.6) is 11.5 Å². The molecule has 2 heterocycles. The van der Waals surface area contributed by atoms with Gasteiger partial charge in [-0.05, 0) is 94.2 Å². The van der Waals surface area contributed by atoms with Crippen molar-refractivity contribution in [3.8, 4) is 11.5 Å². The molecule has 2 amide bonds. The van der Waals surface area contributed by atoms with Crippen molar-refractivity contribution in [2.75, 3.05) is 0 Å². The molecule has 4 unspecified atom stereocenters. The lowest BCUT2D eigenvalue weighted by Crippen LogP contribution is -2.43. The number of carboxylic acid groups (broad SMARTS) is 1. The fourth-order valence-corrected chi connectivity index (χ4v) is 7.14. The average Bonchev–Trinajstić information content (AvgIpc) is 3.38. The Hall–Kier alpha value is -2.90. The van der Waals surface area contributed by atoms with Crippen molar-refractivity contribution in [2.45, 2.75) is 163 Å². The van der Waals surface area contributed by atoms with Crippen LogP contribution in [0.3, 0.4) is 0 Å². The molecule has 1 saturated heterocycles. The molecular weight excluding hydrogens is 582 g/mol. The molecule has 0 radical (unpaired) electrons. The molecule has 4 atom stereocenters. The standard InChI is InChI=1S/C38H59NO7/c1-24(2)12-9-13-25(3)14-10-15-26(4)16-11-22-38(8)23-21-30-29(7)35(27(5)28(6)36(30)46-38)45-34(42)20-19-33(41)39-31(37(43)44)17-18-32(39)40/h24-26,31H,9-23H2,1-8H3,(H,43,44). The number of carbonyl (C=O) groups is 4. The third-order valence-corrected chi connectivity index (χ3v) is 10.4. The van der Waals surface area contributed by atoms with Gasteiger partial charge in [-0.3, -0.25) is 19.3 Å². The highest BCUT2D eigenvalue weighted by atomic mass is 16.5. The summed E-state index contributed by atoms with van der Waals surface area (Å²) in [4.78, 5) is 49.7. The van der Waals surface area contributed by atoms with Gasteiger partial charge in [-0.1, -0.05) is 72.6 Å². The van der Waals surface area contributed by atoms with Crippen molar-refractivity contribution in [2.24, 2.45) is 17.8 Å². The maximum Gasteiger partial charge on any atom is 0.326 e. The van der Waals surface area contributed by atoms with E-state index < -0.39 is 29.8 Å². The largest absolute Gasteiger partial charge is 0.487 e. The zero-order chi connectivity index (χ0) is 34.2. The van der Waals surface area contributed by atoms with Gasteiger partial charge in [0.25, 0.3) is 0 Å². The second-order valence-electron chi connectivity index (χ2n) is 14.9. The minimum atomic E-state index is -1.21. The molecule has 2 aliphatic rings. The van der Waals surface area contributed by atoms with E-state index in [1.165, 1.54) is 44.9 Å². The number of benzene rings is 1. The number of aliphatic carboxylic acids is 1. The maximum absolute atomic E-state index is 12.8. The molecule has 2 aliphatic heterocycles. The number of carboxylic acids is 1. The van der Waals surface area contributed by atoms with E-state index >= 15 is 0 Å². The van der Waals surface area contributed by atoms with Crippen LogP contribution >= 0.6 is 0 Å². The summed E-state index contributed by atoms with van der Waals surface area (Å²) in [5, 5.41) is 9.33. The van der Waals surface area contributed by atoms with E-state index in [1.54, 1.807) is 0 Å². The molecule has 1 N–H and O–H groups in total. The molecule has 0 aliphatic carbocycles. The predicted octanol–water partition coefficient (Wildman–Crippen LogP) is 8.42. The monoisotopic (exact) mass is 641 g/mol. The first-order chi connectivity index (χ1) is 21.6. The Morgan fingerprint density at radius 1 is 0.891 bits per heavy atom. The van der Waals surface area contributed by atoms with Crippen molar-refractivity contribution in [1.82, 2.24) is 4.90 Å². The van der Waals surface area contributed by atoms with Gasteiger partial charge in [0, 0.05) is 18.4 Å². The van der Waals surface area contributed by atoms with Gasteiger partial charge in [-0.25, -0.2) is 4.79 Å². The van der Waals surface area contributed by atoms with E-state index in [-0.39, 0.29) is 31.3 Å². The first-order valence-corrected chi connectivity index (χ1v) is 17.7. The van der Waals surface area contributed by atoms with Gasteiger partial charge in [0.2, 0.25) is 11.8 Å². The van der Waals surface area contributed by atoms with Crippen LogP contribution in [0.25, 0.3) is 0 Å². The Labute approximate surface area is 277 Å². The van der Waals surface area contributed by atoms with Crippen LogP contribution in [0.2, 0.25) is 0 Å². The SMILES string of the molecule is Cc1c(C)c2c(c(C)c1OC(=O)CCC(=O)N1C(=O)CCC1C(=O)O)CCC(C)(CCCC(C)CCCC(C)CCCC(C)C)O2. The second-order valence-corrected chi connectivity index (χ2v) is 14.9. The van der Waals surface area contributed by atoms with E-state index in [2.05, 4.69) is 34.6 Å². The minimum Gasteiger partial charge on any atom is -0.487 e. The number of rotatable bonds is 17. The molecule has 0 spiro atoms. The number of amides is 2. The molecule has 3 rings (SSSR count). The predicted molar refractivity (Wildman–Crippen MR) is 180 cm³/mol. The van der Waals surface area contributed by atoms with Gasteiger partial charge in [0.05, 0.1) is 6.42 Å². The highest BCUT2D eigenvalue weighted by Crippen LogP contribution is 2.45. The number of fused-ring (bicyclic) bond motifs is 1. The summed E-state index contributed by atoms with van der Waals surface area (Å²) in [6.07, 6.45) is 12.6. The summed E-state index contributed by atoms with van der Waals surface area (Å²) in [7, 11) is 0. The zero-order valence-corrected chi connectivity index (χ0v) is 29.8. The van der Waals surface area contributed by atoms with E-state index in [9.17, 15) is 24.3 Å². The van der Waals surface area contributed by atoms with Gasteiger partial charge >= 0.3 is 11.9 Å². The third-order valence-electron chi connectivity index (χ3n) is 10.4. The molecule has 0 aromatic heterocycles. The van der Waals surface area contributed by atoms with E-state index in [4.69, 9.17) is 9.47 Å². The summed E-state index contributed by atoms with van der Waals surface area (Å²) in [6, 6.07) is -1.17. The first kappa shape index (κ1) is 37.6. The van der Waals surface area contributed by atoms with Crippen LogP contribution in [0.1, 0.15) is 147 Å². The van der Waals surface area contributed by atoms with Crippen molar-refractivity contribution in [1.29, 1.82) is 0 Å². The Balaban J connectivity index is 1.51. The summed E-state index contributed by atoms with van der Waals surface area (Å²) in [6.45, 7) is 17.5. The van der Waals surface area contributed by atoms with Crippen LogP contribution in [-0.2, 0) is 25.6 Å². The fraction of sp³-hybridized carbons (Fsp3) is 0.737. The van der Waals surface area contributed by atoms with E-state index in [1.807, 2.05) is 20.8 Å². The summed E-state index contributed by atoms with van der Waals surface area (Å²) in [5.74, 6) is 0.749. The van der Waals surface area contributed by atoms with Crippen molar-refractivity contribution >= 4 is 23.8 Å². The molecule has 1 aromatic carbocycles. The lowest BCUT2D eigenvalue weighted by Gasteiger charge is -2.38. The first-order valence-electron chi connectivity index (χ1n) is 17.7. The van der Waals surface area contributed by atoms with Crippen LogP contribution in [0, 0.1) is 38.5 Å². The highest BCUT2D eigenvalue weighted by molar-refractivity contribution is 6.02. The highest BCUT2D eigenvalue weighted by Gasteiger charge is 2.40. The number of nitrogens with zero attached hydrogens (tertiary/aromatic N) is 1. The molecule has 0 saturated carbocycles. The molecule has 0 bridgehead atoms. The van der Waals surface area contributed by atoms with Crippen molar-refractivity contribution in [3.05, 3.63) is 22.3 Å². The Kier molecular flexibility index (Phi) is 13.7. The summed E-state index contributed by atoms with van der Waals surface area (Å²) < 4.78 is 12.5. The van der Waals surface area contributed by atoms with Crippen molar-refractivity contribution in [3.63, 3.8) is 0 Å². The van der Waals surface area contributed by atoms with E-state index in [0.717, 1.165) is 76.3 Å². The topological polar surface area (TPSA) is 110 Å². The van der Waals surface area contributed by atoms with Crippen LogP contribution in [-0.4, -0.2) is 45.4 Å². The molecule has 46 heavy (non-hydrogen) atoms. The Morgan fingerprint density at radius 2 is 1.50 bits per heavy atom. The van der Waals surface area contributed by atoms with Gasteiger partial charge in [0.15, 0.2) is 0 Å². The Morgan fingerprint density at radius 3 is 2.11 bits per heavy atom. The average molecular weight is 642 g/mol. The number of esters is 1. The zero-order valence-electron chi connectivity index (χ0n) is 29.8. The number of hydrogen-bond acceptors (Lipinski definition) is 6. The van der Waals surface area contributed by atoms with Gasteiger partial charge < -0.3 is 14.6 Å². The normalized spacial score (nSPS) is 20.8. The quantitative estimate of drug-likeness (QED) is 0.134. The van der Waals surface area contributed by atoms with Crippen LogP contribution in [0.4, 0.5) is 0 Å². The smallest absolute Gasteiger partial charge is 0.326 e. The van der Waals surface area contributed by atoms with Crippen molar-refractivity contribution < 1.29 is 33.8 Å². The molecule has 1 fully saturated rings. The molecule has 8 heteroatoms. The summed E-state index contributed by atoms with van der Waals surface area (Å²) in [5.41, 5.74) is 3.47. The maximum atomic E-state index is 12.8. The number of imide groups is 1. The summed E-state index contributed by atoms with van der Waals surface area (Å²) >= 11 is 0. The number of ether oxygens (including phenoxy) is 2. The lowest BCUT2D eigenvalue weighted by atomic mass is 9.83. The molecular formula is C38H59NO7. The van der Waals surface area contributed by atoms with Gasteiger partial charge in [-0.2, -0.15) is 0 Å². The molecule has 258 valence electrons. The number of likely N-dealkylation sites (tertiary alicyclic amines) is 1. The van der Waals surface area contributed by atoms with Crippen LogP contribution < -0.4 is 9.47 Å². The third kappa shape index (κ3) is 10.0. The van der Waals surface area contributed by atoms with Crippen LogP contribution in [0.15, 0.2) is 0 Å². The minimum absolute atomic E-state index is 0.0123.